The second-order valence-corrected chi connectivity index (χ2v) is 6.55. The third-order valence-electron chi connectivity index (χ3n) is 5.26. The molecule has 1 aromatic carbocycles. The fourth-order valence-electron chi connectivity index (χ4n) is 4.01. The van der Waals surface area contributed by atoms with Gasteiger partial charge in [0.2, 0.25) is 0 Å². The number of hydrogen-bond donors (Lipinski definition) is 0. The molecule has 3 heteroatoms. The number of hydrogen-bond acceptors (Lipinski definition) is 2. The molecule has 112 valence electrons. The molecule has 0 saturated carbocycles. The van der Waals surface area contributed by atoms with Crippen LogP contribution in [0.25, 0.3) is 10.9 Å². The van der Waals surface area contributed by atoms with Crippen molar-refractivity contribution in [3.63, 3.8) is 0 Å². The summed E-state index contributed by atoms with van der Waals surface area (Å²) in [5.74, 6) is 0. The number of nitrogens with zero attached hydrogens (tertiary/aromatic N) is 3. The van der Waals surface area contributed by atoms with E-state index in [0.29, 0.717) is 0 Å². The molecule has 0 bridgehead atoms. The summed E-state index contributed by atoms with van der Waals surface area (Å²) in [5.41, 5.74) is 1.37. The van der Waals surface area contributed by atoms with Crippen molar-refractivity contribution in [2.45, 2.75) is 31.8 Å². The van der Waals surface area contributed by atoms with Gasteiger partial charge in [0.05, 0.1) is 0 Å². The van der Waals surface area contributed by atoms with Crippen LogP contribution in [0.3, 0.4) is 0 Å². The Morgan fingerprint density at radius 2 is 1.90 bits per heavy atom. The molecular formula is C18H25N3. The van der Waals surface area contributed by atoms with Crippen LogP contribution in [-0.2, 0) is 6.54 Å². The summed E-state index contributed by atoms with van der Waals surface area (Å²) in [4.78, 5) is 5.38. The van der Waals surface area contributed by atoms with Crippen molar-refractivity contribution in [3.8, 4) is 0 Å². The van der Waals surface area contributed by atoms with Crippen LogP contribution in [0.15, 0.2) is 36.5 Å². The molecule has 0 N–H and O–H groups in total. The number of rotatable bonds is 3. The maximum Gasteiger partial charge on any atom is 0.0480 e. The number of aromatic nitrogens is 1. The van der Waals surface area contributed by atoms with E-state index >= 15 is 0 Å². The van der Waals surface area contributed by atoms with Crippen molar-refractivity contribution in [3.05, 3.63) is 36.5 Å². The number of piperazine rings is 1. The van der Waals surface area contributed by atoms with E-state index in [-0.39, 0.29) is 0 Å². The number of fused-ring (bicyclic) bond motifs is 2. The second-order valence-electron chi connectivity index (χ2n) is 6.55. The van der Waals surface area contributed by atoms with Crippen LogP contribution in [-0.4, -0.2) is 53.1 Å². The average Bonchev–Trinajstić information content (AvgIpc) is 2.96. The van der Waals surface area contributed by atoms with Crippen LogP contribution in [0.1, 0.15) is 19.3 Å². The monoisotopic (exact) mass is 283 g/mol. The quantitative estimate of drug-likeness (QED) is 0.858. The lowest BCUT2D eigenvalue weighted by atomic mass is 9.99. The van der Waals surface area contributed by atoms with Gasteiger partial charge < -0.3 is 4.57 Å². The lowest BCUT2D eigenvalue weighted by Crippen LogP contribution is -2.55. The van der Waals surface area contributed by atoms with E-state index in [1.165, 1.54) is 62.9 Å². The smallest absolute Gasteiger partial charge is 0.0480 e. The van der Waals surface area contributed by atoms with Gasteiger partial charge in [0.25, 0.3) is 0 Å². The Morgan fingerprint density at radius 1 is 0.952 bits per heavy atom. The van der Waals surface area contributed by atoms with E-state index in [1.54, 1.807) is 0 Å². The Kier molecular flexibility index (Phi) is 3.70. The molecule has 0 spiro atoms. The number of benzene rings is 1. The Morgan fingerprint density at radius 3 is 2.90 bits per heavy atom. The minimum atomic E-state index is 0.828. The van der Waals surface area contributed by atoms with Crippen molar-refractivity contribution >= 4 is 10.9 Å². The Balaban J connectivity index is 1.38. The average molecular weight is 283 g/mol. The molecular weight excluding hydrogens is 258 g/mol. The minimum Gasteiger partial charge on any atom is -0.346 e. The summed E-state index contributed by atoms with van der Waals surface area (Å²) in [6.07, 6.45) is 6.48. The summed E-state index contributed by atoms with van der Waals surface area (Å²) in [7, 11) is 0. The molecule has 1 aromatic heterocycles. The molecule has 2 aliphatic heterocycles. The largest absolute Gasteiger partial charge is 0.346 e. The van der Waals surface area contributed by atoms with Gasteiger partial charge in [-0.25, -0.2) is 0 Å². The van der Waals surface area contributed by atoms with Gasteiger partial charge in [-0.15, -0.1) is 0 Å². The minimum absolute atomic E-state index is 0.828. The van der Waals surface area contributed by atoms with Crippen molar-refractivity contribution in [2.75, 3.05) is 32.7 Å². The van der Waals surface area contributed by atoms with E-state index in [1.807, 2.05) is 0 Å². The maximum atomic E-state index is 2.71. The topological polar surface area (TPSA) is 11.4 Å². The molecule has 0 amide bonds. The number of piperidine rings is 1. The Labute approximate surface area is 127 Å². The van der Waals surface area contributed by atoms with Crippen molar-refractivity contribution in [1.29, 1.82) is 0 Å². The molecule has 3 heterocycles. The first-order chi connectivity index (χ1) is 10.4. The highest BCUT2D eigenvalue weighted by Gasteiger charge is 2.28. The molecule has 2 aromatic rings. The molecule has 0 aliphatic carbocycles. The lowest BCUT2D eigenvalue weighted by molar-refractivity contribution is 0.0480. The van der Waals surface area contributed by atoms with Crippen molar-refractivity contribution in [1.82, 2.24) is 14.4 Å². The van der Waals surface area contributed by atoms with Crippen LogP contribution < -0.4 is 0 Å². The van der Waals surface area contributed by atoms with Crippen LogP contribution in [0.4, 0.5) is 0 Å². The van der Waals surface area contributed by atoms with E-state index < -0.39 is 0 Å². The van der Waals surface area contributed by atoms with Crippen LogP contribution in [0, 0.1) is 0 Å². The van der Waals surface area contributed by atoms with Crippen LogP contribution in [0.2, 0.25) is 0 Å². The van der Waals surface area contributed by atoms with Crippen LogP contribution in [0.5, 0.6) is 0 Å². The van der Waals surface area contributed by atoms with Gasteiger partial charge in [-0.3, -0.25) is 9.80 Å². The summed E-state index contributed by atoms with van der Waals surface area (Å²) in [6, 6.07) is 11.7. The van der Waals surface area contributed by atoms with Crippen LogP contribution >= 0.6 is 0 Å². The normalized spacial score (nSPS) is 24.3. The zero-order chi connectivity index (χ0) is 14.1. The molecule has 2 saturated heterocycles. The van der Waals surface area contributed by atoms with E-state index in [9.17, 15) is 0 Å². The molecule has 2 aliphatic rings. The van der Waals surface area contributed by atoms with Gasteiger partial charge in [0.15, 0.2) is 0 Å². The fraction of sp³-hybridized carbons (Fsp3) is 0.556. The lowest BCUT2D eigenvalue weighted by Gasteiger charge is -2.44. The zero-order valence-electron chi connectivity index (χ0n) is 12.7. The SMILES string of the molecule is c1ccc2c(c1)ccn2CCN1CCN2CCCCC2C1. The third kappa shape index (κ3) is 2.72. The Hall–Kier alpha value is -1.32. The third-order valence-corrected chi connectivity index (χ3v) is 5.26. The molecule has 21 heavy (non-hydrogen) atoms. The van der Waals surface area contributed by atoms with Gasteiger partial charge in [-0.2, -0.15) is 0 Å². The van der Waals surface area contributed by atoms with Crippen molar-refractivity contribution < 1.29 is 0 Å². The first-order valence-corrected chi connectivity index (χ1v) is 8.40. The van der Waals surface area contributed by atoms with Gasteiger partial charge in [0.1, 0.15) is 0 Å². The summed E-state index contributed by atoms with van der Waals surface area (Å²) in [5, 5.41) is 1.36. The van der Waals surface area contributed by atoms with Gasteiger partial charge >= 0.3 is 0 Å². The van der Waals surface area contributed by atoms with Crippen molar-refractivity contribution in [2.24, 2.45) is 0 Å². The molecule has 4 rings (SSSR count). The molecule has 2 fully saturated rings. The first-order valence-electron chi connectivity index (χ1n) is 8.40. The highest BCUT2D eigenvalue weighted by Crippen LogP contribution is 2.21. The molecule has 0 radical (unpaired) electrons. The number of para-hydroxylation sites is 1. The molecule has 1 atom stereocenters. The summed E-state index contributed by atoms with van der Waals surface area (Å²) < 4.78 is 2.41. The van der Waals surface area contributed by atoms with E-state index in [0.717, 1.165) is 12.6 Å². The maximum absolute atomic E-state index is 2.71. The molecule has 1 unspecified atom stereocenters. The van der Waals surface area contributed by atoms with Gasteiger partial charge in [0, 0.05) is 50.5 Å². The van der Waals surface area contributed by atoms with Gasteiger partial charge in [-0.1, -0.05) is 24.6 Å². The predicted molar refractivity (Wildman–Crippen MR) is 87.6 cm³/mol. The van der Waals surface area contributed by atoms with Gasteiger partial charge in [-0.05, 0) is 36.9 Å². The Bertz CT molecular complexity index is 603. The van der Waals surface area contributed by atoms with E-state index in [2.05, 4.69) is 50.9 Å². The van der Waals surface area contributed by atoms with E-state index in [4.69, 9.17) is 0 Å². The zero-order valence-corrected chi connectivity index (χ0v) is 12.7. The predicted octanol–water partition coefficient (Wildman–Crippen LogP) is 2.81. The highest BCUT2D eigenvalue weighted by molar-refractivity contribution is 5.79. The second kappa shape index (κ2) is 5.82. The fourth-order valence-corrected chi connectivity index (χ4v) is 4.01. The highest BCUT2D eigenvalue weighted by atomic mass is 15.3. The summed E-state index contributed by atoms with van der Waals surface area (Å²) >= 11 is 0. The first kappa shape index (κ1) is 13.4. The standard InChI is InChI=1S/C18H25N3/c1-2-7-18-16(5-1)8-10-21(18)14-12-19-11-13-20-9-4-3-6-17(20)15-19/h1-2,5,7-8,10,17H,3-4,6,9,11-15H2. The summed E-state index contributed by atoms with van der Waals surface area (Å²) in [6.45, 7) is 7.43. The molecule has 3 nitrogen and oxygen atoms in total.